The number of amides is 1. The maximum absolute atomic E-state index is 12.7. The lowest BCUT2D eigenvalue weighted by Crippen LogP contribution is -2.48. The predicted octanol–water partition coefficient (Wildman–Crippen LogP) is 5.03. The average Bonchev–Trinajstić information content (AvgIpc) is 2.91. The number of carbonyl (C=O) groups is 2. The zero-order valence-electron chi connectivity index (χ0n) is 18.5. The third-order valence-corrected chi connectivity index (χ3v) is 6.45. The quantitative estimate of drug-likeness (QED) is 0.638. The number of nitrogens with zero attached hydrogens (tertiary/aromatic N) is 1. The summed E-state index contributed by atoms with van der Waals surface area (Å²) in [5.41, 5.74) is -1.93. The van der Waals surface area contributed by atoms with Crippen molar-refractivity contribution in [2.75, 3.05) is 13.1 Å². The minimum Gasteiger partial charge on any atom is -0.456 e. The average molecular weight is 370 g/mol. The highest BCUT2D eigenvalue weighted by Crippen LogP contribution is 2.38. The monoisotopic (exact) mass is 369 g/mol. The first-order valence-corrected chi connectivity index (χ1v) is 9.79. The fraction of sp³-hybridized carbons (Fsp3) is 0.905. The molecule has 0 aromatic rings. The van der Waals surface area contributed by atoms with Gasteiger partial charge >= 0.3 is 12.1 Å². The number of likely N-dealkylation sites (tertiary alicyclic amines) is 1. The van der Waals surface area contributed by atoms with E-state index in [1.165, 1.54) is 0 Å². The molecule has 1 atom stereocenters. The molecule has 0 aromatic carbocycles. The Morgan fingerprint density at radius 2 is 1.62 bits per heavy atom. The van der Waals surface area contributed by atoms with Crippen molar-refractivity contribution in [3.05, 3.63) is 0 Å². The SMILES string of the molecule is CCC(C)(C)C(=O)OC1(C(C)C)CCN(C(=O)OC(C)(C)C(C)(C)C)C1. The van der Waals surface area contributed by atoms with Crippen LogP contribution in [0.25, 0.3) is 0 Å². The van der Waals surface area contributed by atoms with Crippen molar-refractivity contribution in [2.45, 2.75) is 93.3 Å². The van der Waals surface area contributed by atoms with Crippen molar-refractivity contribution >= 4 is 12.1 Å². The lowest BCUT2D eigenvalue weighted by Gasteiger charge is -2.39. The molecule has 1 saturated heterocycles. The Bertz CT molecular complexity index is 531. The van der Waals surface area contributed by atoms with Crippen LogP contribution in [0.4, 0.5) is 4.79 Å². The second kappa shape index (κ2) is 7.40. The number of ether oxygens (including phenoxy) is 2. The van der Waals surface area contributed by atoms with Gasteiger partial charge in [0, 0.05) is 18.4 Å². The molecule has 1 fully saturated rings. The molecular weight excluding hydrogens is 330 g/mol. The molecule has 1 unspecified atom stereocenters. The van der Waals surface area contributed by atoms with Crippen LogP contribution in [-0.4, -0.2) is 41.3 Å². The van der Waals surface area contributed by atoms with Crippen molar-refractivity contribution in [3.8, 4) is 0 Å². The van der Waals surface area contributed by atoms with Crippen LogP contribution < -0.4 is 0 Å². The minimum atomic E-state index is -0.644. The molecule has 0 aliphatic carbocycles. The molecule has 5 heteroatoms. The van der Waals surface area contributed by atoms with Gasteiger partial charge in [-0.1, -0.05) is 41.5 Å². The number of hydrogen-bond acceptors (Lipinski definition) is 4. The zero-order valence-corrected chi connectivity index (χ0v) is 18.5. The van der Waals surface area contributed by atoms with Crippen LogP contribution in [0.5, 0.6) is 0 Å². The van der Waals surface area contributed by atoms with E-state index >= 15 is 0 Å². The van der Waals surface area contributed by atoms with E-state index in [1.54, 1.807) is 4.90 Å². The van der Waals surface area contributed by atoms with Gasteiger partial charge in [-0.25, -0.2) is 4.79 Å². The van der Waals surface area contributed by atoms with Gasteiger partial charge in [0.25, 0.3) is 0 Å². The summed E-state index contributed by atoms with van der Waals surface area (Å²) in [6.45, 7) is 20.8. The zero-order chi connectivity index (χ0) is 20.6. The highest BCUT2D eigenvalue weighted by molar-refractivity contribution is 5.76. The van der Waals surface area contributed by atoms with Gasteiger partial charge in [-0.15, -0.1) is 0 Å². The number of hydrogen-bond donors (Lipinski definition) is 0. The van der Waals surface area contributed by atoms with Crippen LogP contribution in [-0.2, 0) is 14.3 Å². The van der Waals surface area contributed by atoms with Gasteiger partial charge in [0.1, 0.15) is 11.2 Å². The summed E-state index contributed by atoms with van der Waals surface area (Å²) >= 11 is 0. The summed E-state index contributed by atoms with van der Waals surface area (Å²) < 4.78 is 11.8. The lowest BCUT2D eigenvalue weighted by molar-refractivity contribution is -0.174. The van der Waals surface area contributed by atoms with Crippen molar-refractivity contribution in [1.82, 2.24) is 4.90 Å². The molecule has 1 heterocycles. The van der Waals surface area contributed by atoms with Crippen molar-refractivity contribution in [1.29, 1.82) is 0 Å². The van der Waals surface area contributed by atoms with Gasteiger partial charge in [-0.05, 0) is 40.0 Å². The van der Waals surface area contributed by atoms with Gasteiger partial charge in [-0.3, -0.25) is 4.79 Å². The molecule has 0 aromatic heterocycles. The fourth-order valence-corrected chi connectivity index (χ4v) is 2.54. The van der Waals surface area contributed by atoms with Crippen LogP contribution in [0.2, 0.25) is 0 Å². The molecule has 1 rings (SSSR count). The normalized spacial score (nSPS) is 21.9. The third kappa shape index (κ3) is 4.72. The first kappa shape index (κ1) is 22.8. The van der Waals surface area contributed by atoms with E-state index in [0.29, 0.717) is 25.9 Å². The second-order valence-corrected chi connectivity index (χ2v) is 10.1. The van der Waals surface area contributed by atoms with Gasteiger partial charge in [-0.2, -0.15) is 0 Å². The Morgan fingerprint density at radius 3 is 2.04 bits per heavy atom. The first-order valence-electron chi connectivity index (χ1n) is 9.79. The topological polar surface area (TPSA) is 55.8 Å². The molecule has 0 N–H and O–H groups in total. The number of rotatable bonds is 5. The predicted molar refractivity (Wildman–Crippen MR) is 104 cm³/mol. The summed E-state index contributed by atoms with van der Waals surface area (Å²) in [5.74, 6) is -0.0773. The largest absolute Gasteiger partial charge is 0.456 e. The second-order valence-electron chi connectivity index (χ2n) is 10.1. The Hall–Kier alpha value is -1.26. The summed E-state index contributed by atoms with van der Waals surface area (Å²) in [5, 5.41) is 0. The highest BCUT2D eigenvalue weighted by Gasteiger charge is 2.49. The molecule has 0 spiro atoms. The van der Waals surface area contributed by atoms with E-state index in [1.807, 2.05) is 48.5 Å². The molecule has 0 bridgehead atoms. The molecule has 0 radical (unpaired) electrons. The first-order chi connectivity index (χ1) is 11.6. The van der Waals surface area contributed by atoms with E-state index in [2.05, 4.69) is 20.8 Å². The Morgan fingerprint density at radius 1 is 1.08 bits per heavy atom. The Balaban J connectivity index is 2.90. The smallest absolute Gasteiger partial charge is 0.410 e. The number of esters is 1. The van der Waals surface area contributed by atoms with Gasteiger partial charge in [0.05, 0.1) is 12.0 Å². The lowest BCUT2D eigenvalue weighted by atomic mass is 9.79. The maximum Gasteiger partial charge on any atom is 0.410 e. The van der Waals surface area contributed by atoms with Gasteiger partial charge in [0.2, 0.25) is 0 Å². The Labute approximate surface area is 159 Å². The van der Waals surface area contributed by atoms with Gasteiger partial charge in [0.15, 0.2) is 0 Å². The Kier molecular flexibility index (Phi) is 6.48. The molecule has 1 aliphatic rings. The van der Waals surface area contributed by atoms with Crippen LogP contribution in [0.3, 0.4) is 0 Å². The summed E-state index contributed by atoms with van der Waals surface area (Å²) in [7, 11) is 0. The summed E-state index contributed by atoms with van der Waals surface area (Å²) in [4.78, 5) is 27.0. The van der Waals surface area contributed by atoms with E-state index in [4.69, 9.17) is 9.47 Å². The molecule has 152 valence electrons. The molecule has 1 amide bonds. The molecule has 26 heavy (non-hydrogen) atoms. The minimum absolute atomic E-state index is 0.118. The summed E-state index contributed by atoms with van der Waals surface area (Å²) in [6, 6.07) is 0. The van der Waals surface area contributed by atoms with E-state index in [-0.39, 0.29) is 23.4 Å². The van der Waals surface area contributed by atoms with E-state index < -0.39 is 16.6 Å². The van der Waals surface area contributed by atoms with Crippen LogP contribution in [0.15, 0.2) is 0 Å². The van der Waals surface area contributed by atoms with Crippen molar-refractivity contribution in [2.24, 2.45) is 16.7 Å². The van der Waals surface area contributed by atoms with Crippen LogP contribution >= 0.6 is 0 Å². The van der Waals surface area contributed by atoms with E-state index in [9.17, 15) is 9.59 Å². The third-order valence-electron chi connectivity index (χ3n) is 6.45. The molecule has 0 saturated carbocycles. The van der Waals surface area contributed by atoms with E-state index in [0.717, 1.165) is 0 Å². The van der Waals surface area contributed by atoms with Gasteiger partial charge < -0.3 is 14.4 Å². The highest BCUT2D eigenvalue weighted by atomic mass is 16.6. The van der Waals surface area contributed by atoms with Crippen LogP contribution in [0.1, 0.15) is 82.1 Å². The number of carbonyl (C=O) groups excluding carboxylic acids is 2. The maximum atomic E-state index is 12.7. The van der Waals surface area contributed by atoms with Crippen molar-refractivity contribution in [3.63, 3.8) is 0 Å². The molecule has 1 aliphatic heterocycles. The molecular formula is C21H39NO4. The molecule has 5 nitrogen and oxygen atoms in total. The van der Waals surface area contributed by atoms with Crippen molar-refractivity contribution < 1.29 is 19.1 Å². The fourth-order valence-electron chi connectivity index (χ4n) is 2.54. The van der Waals surface area contributed by atoms with Crippen LogP contribution in [0, 0.1) is 16.7 Å². The summed E-state index contributed by atoms with van der Waals surface area (Å²) in [6.07, 6.45) is 1.02. The standard InChI is InChI=1S/C21H39NO4/c1-11-19(7,8)16(23)25-21(15(2)3)12-13-22(14-21)17(24)26-20(9,10)18(4,5)6/h15H,11-14H2,1-10H3.